The maximum Gasteiger partial charge on any atom is 0.159 e. The van der Waals surface area contributed by atoms with Crippen LogP contribution in [0.5, 0.6) is 0 Å². The molecule has 64 heavy (non-hydrogen) atoms. The van der Waals surface area contributed by atoms with Gasteiger partial charge in [0.25, 0.3) is 0 Å². The first kappa shape index (κ1) is 36.1. The maximum atomic E-state index is 6.97. The molecule has 0 saturated heterocycles. The quantitative estimate of drug-likeness (QED) is 0.160. The molecule has 0 aliphatic heterocycles. The van der Waals surface area contributed by atoms with Crippen LogP contribution in [0, 0.1) is 0 Å². The van der Waals surface area contributed by atoms with Gasteiger partial charge in [-0.05, 0) is 107 Å². The van der Waals surface area contributed by atoms with Gasteiger partial charge in [0, 0.05) is 61.1 Å². The van der Waals surface area contributed by atoms with E-state index >= 15 is 0 Å². The van der Waals surface area contributed by atoms with Crippen LogP contribution < -0.4 is 4.90 Å². The zero-order valence-electron chi connectivity index (χ0n) is 34.8. The lowest BCUT2D eigenvalue weighted by Crippen LogP contribution is -2.09. The maximum absolute atomic E-state index is 6.97. The third-order valence-corrected chi connectivity index (χ3v) is 12.9. The molecule has 10 aromatic carbocycles. The van der Waals surface area contributed by atoms with Gasteiger partial charge in [0.15, 0.2) is 5.58 Å². The summed E-state index contributed by atoms with van der Waals surface area (Å²) < 4.78 is 11.7. The Hall–Kier alpha value is -8.60. The van der Waals surface area contributed by atoms with Crippen LogP contribution in [-0.4, -0.2) is 9.13 Å². The average Bonchev–Trinajstić information content (AvgIpc) is 4.02. The first-order chi connectivity index (χ1) is 31.7. The summed E-state index contributed by atoms with van der Waals surface area (Å²) in [6.07, 6.45) is 0. The molecule has 3 heterocycles. The second kappa shape index (κ2) is 14.5. The summed E-state index contributed by atoms with van der Waals surface area (Å²) >= 11 is 0. The van der Waals surface area contributed by atoms with Crippen LogP contribution >= 0.6 is 0 Å². The molecular formula is C60H39N3O. The van der Waals surface area contributed by atoms with Crippen molar-refractivity contribution in [1.29, 1.82) is 0 Å². The van der Waals surface area contributed by atoms with Crippen molar-refractivity contribution in [2.24, 2.45) is 0 Å². The highest BCUT2D eigenvalue weighted by Gasteiger charge is 2.20. The minimum absolute atomic E-state index is 0.839. The van der Waals surface area contributed by atoms with Crippen molar-refractivity contribution in [3.63, 3.8) is 0 Å². The highest BCUT2D eigenvalue weighted by Crippen LogP contribution is 2.43. The summed E-state index contributed by atoms with van der Waals surface area (Å²) in [5, 5.41) is 7.11. The molecule has 4 nitrogen and oxygen atoms in total. The summed E-state index contributed by atoms with van der Waals surface area (Å²) in [6, 6.07) is 84.9. The second-order valence-corrected chi connectivity index (χ2v) is 16.5. The van der Waals surface area contributed by atoms with Crippen LogP contribution in [-0.2, 0) is 0 Å². The smallest absolute Gasteiger partial charge is 0.159 e. The van der Waals surface area contributed by atoms with Crippen LogP contribution in [0.1, 0.15) is 0 Å². The van der Waals surface area contributed by atoms with Crippen molar-refractivity contribution in [2.75, 3.05) is 4.90 Å². The fourth-order valence-corrected chi connectivity index (χ4v) is 9.96. The Morgan fingerprint density at radius 2 is 0.781 bits per heavy atom. The molecule has 0 N–H and O–H groups in total. The lowest BCUT2D eigenvalue weighted by molar-refractivity contribution is 0.666. The number of benzene rings is 10. The number of anilines is 3. The van der Waals surface area contributed by atoms with Crippen molar-refractivity contribution in [3.05, 3.63) is 237 Å². The van der Waals surface area contributed by atoms with E-state index in [-0.39, 0.29) is 0 Å². The van der Waals surface area contributed by atoms with E-state index in [0.29, 0.717) is 0 Å². The van der Waals surface area contributed by atoms with Crippen molar-refractivity contribution in [1.82, 2.24) is 9.13 Å². The van der Waals surface area contributed by atoms with Gasteiger partial charge in [-0.25, -0.2) is 0 Å². The van der Waals surface area contributed by atoms with Crippen LogP contribution in [0.15, 0.2) is 241 Å². The van der Waals surface area contributed by atoms with Crippen LogP contribution in [0.3, 0.4) is 0 Å². The van der Waals surface area contributed by atoms with Gasteiger partial charge in [-0.15, -0.1) is 0 Å². The van der Waals surface area contributed by atoms with Crippen LogP contribution in [0.25, 0.3) is 99.2 Å². The van der Waals surface area contributed by atoms with Crippen LogP contribution in [0.2, 0.25) is 0 Å². The lowest BCUT2D eigenvalue weighted by atomic mass is 10.0. The second-order valence-electron chi connectivity index (χ2n) is 16.5. The molecule has 0 atom stereocenters. The summed E-state index contributed by atoms with van der Waals surface area (Å²) in [5.41, 5.74) is 16.4. The molecule has 3 aromatic heterocycles. The van der Waals surface area contributed by atoms with Crippen molar-refractivity contribution in [3.8, 4) is 33.6 Å². The molecule has 0 unspecified atom stereocenters. The summed E-state index contributed by atoms with van der Waals surface area (Å²) in [5.74, 6) is 0. The van der Waals surface area contributed by atoms with E-state index in [1.54, 1.807) is 0 Å². The molecule has 0 aliphatic rings. The molecule has 4 heteroatoms. The minimum atomic E-state index is 0.839. The molecule has 0 amide bonds. The fourth-order valence-electron chi connectivity index (χ4n) is 9.96. The summed E-state index contributed by atoms with van der Waals surface area (Å²) in [7, 11) is 0. The summed E-state index contributed by atoms with van der Waals surface area (Å²) in [6.45, 7) is 0. The van der Waals surface area contributed by atoms with Crippen molar-refractivity contribution >= 4 is 82.6 Å². The van der Waals surface area contributed by atoms with Crippen molar-refractivity contribution < 1.29 is 4.42 Å². The fraction of sp³-hybridized carbons (Fsp3) is 0. The Bertz CT molecular complexity index is 3820. The zero-order chi connectivity index (χ0) is 42.1. The number of hydrogen-bond acceptors (Lipinski definition) is 2. The first-order valence-electron chi connectivity index (χ1n) is 21.8. The SMILES string of the molecule is c1ccc(-c2ccc(N(c3ccc(-c4ccc5c(c4)c4ccccc4n5-c4ccccc4)cc3)c3ccc4c(c3)oc3c(-n5c6ccccc6c6ccccc65)cccc34)cc2)cc1. The Morgan fingerprint density at radius 3 is 1.44 bits per heavy atom. The minimum Gasteiger partial charge on any atom is -0.454 e. The molecule has 0 radical (unpaired) electrons. The lowest BCUT2D eigenvalue weighted by Gasteiger charge is -2.26. The highest BCUT2D eigenvalue weighted by atomic mass is 16.3. The van der Waals surface area contributed by atoms with Gasteiger partial charge in [0.1, 0.15) is 5.58 Å². The van der Waals surface area contributed by atoms with Gasteiger partial charge in [-0.1, -0.05) is 146 Å². The molecular weight excluding hydrogens is 779 g/mol. The third-order valence-electron chi connectivity index (χ3n) is 12.9. The molecule has 0 aliphatic carbocycles. The van der Waals surface area contributed by atoms with E-state index in [1.807, 2.05) is 0 Å². The number of nitrogens with zero attached hydrogens (tertiary/aromatic N) is 3. The normalized spacial score (nSPS) is 11.8. The third kappa shape index (κ3) is 5.70. The Morgan fingerprint density at radius 1 is 0.297 bits per heavy atom. The molecule has 0 spiro atoms. The summed E-state index contributed by atoms with van der Waals surface area (Å²) in [4.78, 5) is 2.33. The molecule has 300 valence electrons. The van der Waals surface area contributed by atoms with Gasteiger partial charge < -0.3 is 18.5 Å². The molecule has 13 rings (SSSR count). The first-order valence-corrected chi connectivity index (χ1v) is 21.8. The number of para-hydroxylation sites is 5. The predicted molar refractivity (Wildman–Crippen MR) is 268 cm³/mol. The van der Waals surface area contributed by atoms with Gasteiger partial charge >= 0.3 is 0 Å². The van der Waals surface area contributed by atoms with Gasteiger partial charge in [0.2, 0.25) is 0 Å². The van der Waals surface area contributed by atoms with E-state index in [2.05, 4.69) is 251 Å². The van der Waals surface area contributed by atoms with E-state index in [0.717, 1.165) is 67.0 Å². The zero-order valence-corrected chi connectivity index (χ0v) is 34.8. The molecule has 13 aromatic rings. The number of rotatable bonds is 7. The highest BCUT2D eigenvalue weighted by molar-refractivity contribution is 6.13. The van der Waals surface area contributed by atoms with E-state index in [4.69, 9.17) is 4.42 Å². The van der Waals surface area contributed by atoms with E-state index < -0.39 is 0 Å². The molecule has 0 fully saturated rings. The van der Waals surface area contributed by atoms with Gasteiger partial charge in [-0.2, -0.15) is 0 Å². The van der Waals surface area contributed by atoms with Gasteiger partial charge in [-0.3, -0.25) is 0 Å². The Kier molecular flexibility index (Phi) is 8.18. The average molecular weight is 818 g/mol. The van der Waals surface area contributed by atoms with Crippen LogP contribution in [0.4, 0.5) is 17.1 Å². The van der Waals surface area contributed by atoms with E-state index in [1.165, 1.54) is 49.3 Å². The standard InChI is InChI=1S/C60H39N3O/c1-3-14-40(15-4-1)41-26-31-45(32-27-41)61(46-33-28-42(29-34-46)43-30-37-57-53(38-43)50-20-9-10-22-54(50)62(57)44-16-5-2-6-17-44)47-35-36-51-52-21-13-25-58(60(52)64-59(51)39-47)63-55-23-11-7-18-48(55)49-19-8-12-24-56(49)63/h1-39H. The number of furan rings is 1. The predicted octanol–water partition coefficient (Wildman–Crippen LogP) is 16.6. The monoisotopic (exact) mass is 817 g/mol. The largest absolute Gasteiger partial charge is 0.454 e. The Balaban J connectivity index is 0.932. The topological polar surface area (TPSA) is 26.2 Å². The number of aromatic nitrogens is 2. The number of hydrogen-bond donors (Lipinski definition) is 0. The Labute approximate surface area is 369 Å². The van der Waals surface area contributed by atoms with Crippen molar-refractivity contribution in [2.45, 2.75) is 0 Å². The molecule has 0 bridgehead atoms. The van der Waals surface area contributed by atoms with Gasteiger partial charge in [0.05, 0.1) is 27.8 Å². The number of fused-ring (bicyclic) bond motifs is 9. The molecule has 0 saturated carbocycles. The van der Waals surface area contributed by atoms with E-state index in [9.17, 15) is 0 Å².